The molecule has 1 aromatic heterocycles. The summed E-state index contributed by atoms with van der Waals surface area (Å²) < 4.78 is 38.5. The first-order valence-corrected chi connectivity index (χ1v) is 8.25. The van der Waals surface area contributed by atoms with E-state index in [4.69, 9.17) is 5.73 Å². The number of carbonyl (C=O) groups is 2. The van der Waals surface area contributed by atoms with E-state index in [9.17, 15) is 22.8 Å². The molecule has 5 nitrogen and oxygen atoms in total. The summed E-state index contributed by atoms with van der Waals surface area (Å²) >= 11 is 1.37. The van der Waals surface area contributed by atoms with Crippen LogP contribution in [0.4, 0.5) is 18.9 Å². The molecule has 1 aromatic carbocycles. The van der Waals surface area contributed by atoms with Crippen molar-refractivity contribution >= 4 is 41.2 Å². The smallest absolute Gasteiger partial charge is 0.351 e. The van der Waals surface area contributed by atoms with Crippen molar-refractivity contribution in [1.82, 2.24) is 5.32 Å². The van der Waals surface area contributed by atoms with E-state index in [1.54, 1.807) is 16.8 Å². The van der Waals surface area contributed by atoms with Gasteiger partial charge in [0, 0.05) is 36.1 Å². The Kier molecular flexibility index (Phi) is 8.07. The fraction of sp³-hybridized carbons (Fsp3) is 0.250. The number of alkyl halides is 3. The molecule has 0 atom stereocenters. The molecule has 0 aliphatic rings. The molecule has 0 spiro atoms. The van der Waals surface area contributed by atoms with E-state index < -0.39 is 17.6 Å². The van der Waals surface area contributed by atoms with Gasteiger partial charge in [0.2, 0.25) is 5.91 Å². The standard InChI is InChI=1S/C16H16F3N3O2S.ClH/c17-16(18,19)12-5-10(8-20)6-13(7-12)22-14(23)1-3-21-15(24)11-2-4-25-9-11;/h2,4-7,9H,1,3,8,20H2,(H,21,24)(H,22,23);1H. The van der Waals surface area contributed by atoms with Crippen LogP contribution >= 0.6 is 23.7 Å². The number of thiophene rings is 1. The minimum atomic E-state index is -4.53. The first-order chi connectivity index (χ1) is 11.8. The van der Waals surface area contributed by atoms with Crippen LogP contribution in [0.25, 0.3) is 0 Å². The van der Waals surface area contributed by atoms with Gasteiger partial charge in [0.25, 0.3) is 5.91 Å². The zero-order valence-corrected chi connectivity index (χ0v) is 15.1. The number of hydrogen-bond donors (Lipinski definition) is 3. The second kappa shape index (κ2) is 9.56. The summed E-state index contributed by atoms with van der Waals surface area (Å²) in [6.07, 6.45) is -4.59. The Hall–Kier alpha value is -2.10. The third-order valence-electron chi connectivity index (χ3n) is 3.26. The van der Waals surface area contributed by atoms with Gasteiger partial charge in [0.1, 0.15) is 0 Å². The summed E-state index contributed by atoms with van der Waals surface area (Å²) in [6, 6.07) is 4.83. The van der Waals surface area contributed by atoms with E-state index in [0.29, 0.717) is 5.56 Å². The summed E-state index contributed by atoms with van der Waals surface area (Å²) in [5.41, 5.74) is 5.29. The summed E-state index contributed by atoms with van der Waals surface area (Å²) in [7, 11) is 0. The lowest BCUT2D eigenvalue weighted by Crippen LogP contribution is -2.27. The van der Waals surface area contributed by atoms with Gasteiger partial charge in [-0.1, -0.05) is 0 Å². The number of rotatable bonds is 6. The summed E-state index contributed by atoms with van der Waals surface area (Å²) in [5.74, 6) is -0.813. The summed E-state index contributed by atoms with van der Waals surface area (Å²) in [4.78, 5) is 23.6. The average molecular weight is 408 g/mol. The number of amides is 2. The van der Waals surface area contributed by atoms with Crippen LogP contribution in [0.3, 0.4) is 0 Å². The minimum absolute atomic E-state index is 0. The zero-order chi connectivity index (χ0) is 18.4. The second-order valence-corrected chi connectivity index (χ2v) is 5.97. The second-order valence-electron chi connectivity index (χ2n) is 5.19. The van der Waals surface area contributed by atoms with Crippen LogP contribution in [0.5, 0.6) is 0 Å². The first-order valence-electron chi connectivity index (χ1n) is 7.31. The topological polar surface area (TPSA) is 84.2 Å². The Bertz CT molecular complexity index is 752. The molecule has 0 unspecified atom stereocenters. The SMILES string of the molecule is Cl.NCc1cc(NC(=O)CCNC(=O)c2ccsc2)cc(C(F)(F)F)c1. The Labute approximate surface area is 158 Å². The predicted molar refractivity (Wildman–Crippen MR) is 96.5 cm³/mol. The van der Waals surface area contributed by atoms with Crippen molar-refractivity contribution in [2.75, 3.05) is 11.9 Å². The molecule has 0 aliphatic carbocycles. The van der Waals surface area contributed by atoms with E-state index in [1.807, 2.05) is 0 Å². The number of nitrogens with two attached hydrogens (primary N) is 1. The zero-order valence-electron chi connectivity index (χ0n) is 13.4. The maximum absolute atomic E-state index is 12.8. The van der Waals surface area contributed by atoms with E-state index in [-0.39, 0.29) is 49.1 Å². The third-order valence-corrected chi connectivity index (χ3v) is 3.94. The lowest BCUT2D eigenvalue weighted by molar-refractivity contribution is -0.137. The quantitative estimate of drug-likeness (QED) is 0.686. The molecular weight excluding hydrogens is 391 g/mol. The van der Waals surface area contributed by atoms with Gasteiger partial charge >= 0.3 is 6.18 Å². The van der Waals surface area contributed by atoms with Crippen LogP contribution in [0.15, 0.2) is 35.0 Å². The van der Waals surface area contributed by atoms with Crippen LogP contribution in [0.1, 0.15) is 27.9 Å². The maximum Gasteiger partial charge on any atom is 0.416 e. The van der Waals surface area contributed by atoms with E-state index in [2.05, 4.69) is 10.6 Å². The normalized spacial score (nSPS) is 10.8. The van der Waals surface area contributed by atoms with Crippen LogP contribution in [-0.2, 0) is 17.5 Å². The lowest BCUT2D eigenvalue weighted by Gasteiger charge is -2.12. The van der Waals surface area contributed by atoms with E-state index in [0.717, 1.165) is 12.1 Å². The Morgan fingerprint density at radius 2 is 1.92 bits per heavy atom. The molecule has 2 rings (SSSR count). The molecule has 0 bridgehead atoms. The summed E-state index contributed by atoms with van der Waals surface area (Å²) in [5, 5.41) is 8.39. The molecule has 2 aromatic rings. The molecule has 0 saturated carbocycles. The van der Waals surface area contributed by atoms with Gasteiger partial charge in [-0.15, -0.1) is 12.4 Å². The van der Waals surface area contributed by atoms with E-state index in [1.165, 1.54) is 17.4 Å². The van der Waals surface area contributed by atoms with Crippen LogP contribution in [0.2, 0.25) is 0 Å². The van der Waals surface area contributed by atoms with Crippen molar-refractivity contribution in [3.63, 3.8) is 0 Å². The number of hydrogen-bond acceptors (Lipinski definition) is 4. The highest BCUT2D eigenvalue weighted by Gasteiger charge is 2.31. The lowest BCUT2D eigenvalue weighted by atomic mass is 10.1. The molecule has 4 N–H and O–H groups in total. The van der Waals surface area contributed by atoms with Gasteiger partial charge in [0.05, 0.1) is 5.56 Å². The molecule has 0 saturated heterocycles. The molecule has 142 valence electrons. The van der Waals surface area contributed by atoms with Gasteiger partial charge in [-0.2, -0.15) is 24.5 Å². The Morgan fingerprint density at radius 1 is 1.19 bits per heavy atom. The molecule has 26 heavy (non-hydrogen) atoms. The van der Waals surface area contributed by atoms with Gasteiger partial charge in [-0.25, -0.2) is 0 Å². The van der Waals surface area contributed by atoms with Gasteiger partial charge in [0.15, 0.2) is 0 Å². The van der Waals surface area contributed by atoms with Crippen molar-refractivity contribution in [1.29, 1.82) is 0 Å². The number of benzene rings is 1. The largest absolute Gasteiger partial charge is 0.416 e. The minimum Gasteiger partial charge on any atom is -0.351 e. The number of carbonyl (C=O) groups excluding carboxylic acids is 2. The molecule has 2 amide bonds. The number of halogens is 4. The van der Waals surface area contributed by atoms with Crippen molar-refractivity contribution in [3.8, 4) is 0 Å². The molecule has 10 heteroatoms. The number of nitrogens with one attached hydrogen (secondary N) is 2. The average Bonchev–Trinajstić information content (AvgIpc) is 3.08. The molecule has 0 fully saturated rings. The van der Waals surface area contributed by atoms with Crippen LogP contribution in [-0.4, -0.2) is 18.4 Å². The van der Waals surface area contributed by atoms with Crippen LogP contribution in [0, 0.1) is 0 Å². The van der Waals surface area contributed by atoms with Crippen molar-refractivity contribution in [2.24, 2.45) is 5.73 Å². The molecule has 1 heterocycles. The van der Waals surface area contributed by atoms with Gasteiger partial charge in [-0.3, -0.25) is 9.59 Å². The van der Waals surface area contributed by atoms with Crippen LogP contribution < -0.4 is 16.4 Å². The first kappa shape index (κ1) is 21.9. The highest BCUT2D eigenvalue weighted by molar-refractivity contribution is 7.08. The van der Waals surface area contributed by atoms with Gasteiger partial charge in [-0.05, 0) is 35.2 Å². The predicted octanol–water partition coefficient (Wildman–Crippen LogP) is 3.41. The van der Waals surface area contributed by atoms with Crippen molar-refractivity contribution in [2.45, 2.75) is 19.1 Å². The molecular formula is C16H17ClF3N3O2S. The van der Waals surface area contributed by atoms with Crippen molar-refractivity contribution in [3.05, 3.63) is 51.7 Å². The number of anilines is 1. The highest BCUT2D eigenvalue weighted by Crippen LogP contribution is 2.32. The molecule has 0 radical (unpaired) electrons. The highest BCUT2D eigenvalue weighted by atomic mass is 35.5. The fourth-order valence-corrected chi connectivity index (χ4v) is 2.69. The maximum atomic E-state index is 12.8. The summed E-state index contributed by atoms with van der Waals surface area (Å²) in [6.45, 7) is -0.00723. The third kappa shape index (κ3) is 6.32. The molecule has 0 aliphatic heterocycles. The monoisotopic (exact) mass is 407 g/mol. The van der Waals surface area contributed by atoms with E-state index >= 15 is 0 Å². The van der Waals surface area contributed by atoms with Crippen molar-refractivity contribution < 1.29 is 22.8 Å². The fourth-order valence-electron chi connectivity index (χ4n) is 2.05. The Balaban J connectivity index is 0.00000338. The van der Waals surface area contributed by atoms with Gasteiger partial charge < -0.3 is 16.4 Å². The Morgan fingerprint density at radius 3 is 2.50 bits per heavy atom.